The molecule has 2 nitrogen and oxygen atoms in total. The fourth-order valence-electron chi connectivity index (χ4n) is 0.959. The fraction of sp³-hybridized carbons (Fsp3) is 0.222. The molecule has 2 N–H and O–H groups in total. The first-order valence-corrected chi connectivity index (χ1v) is 4.10. The summed E-state index contributed by atoms with van der Waals surface area (Å²) in [6.45, 7) is 0. The Hall–Kier alpha value is -1.11. The molecule has 0 amide bonds. The Bertz CT molecular complexity index is 346. The topological polar surface area (TPSA) is 49.8 Å². The van der Waals surface area contributed by atoms with Gasteiger partial charge < -0.3 is 5.73 Å². The summed E-state index contributed by atoms with van der Waals surface area (Å²) in [5.41, 5.74) is 6.18. The second-order valence-corrected chi connectivity index (χ2v) is 3.05. The highest BCUT2D eigenvalue weighted by Crippen LogP contribution is 2.20. The third kappa shape index (κ3) is 2.41. The number of nitriles is 1. The molecule has 13 heavy (non-hydrogen) atoms. The Balaban J connectivity index is 2.91. The van der Waals surface area contributed by atoms with Crippen molar-refractivity contribution in [2.45, 2.75) is 12.5 Å². The van der Waals surface area contributed by atoms with E-state index in [4.69, 9.17) is 22.6 Å². The van der Waals surface area contributed by atoms with Crippen LogP contribution in [0.1, 0.15) is 18.0 Å². The van der Waals surface area contributed by atoms with Gasteiger partial charge in [0.05, 0.1) is 17.5 Å². The molecule has 4 heteroatoms. The predicted molar refractivity (Wildman–Crippen MR) is 48.6 cm³/mol. The Labute approximate surface area is 80.7 Å². The molecule has 1 aromatic carbocycles. The van der Waals surface area contributed by atoms with Crippen molar-refractivity contribution in [1.29, 1.82) is 5.26 Å². The van der Waals surface area contributed by atoms with Crippen LogP contribution >= 0.6 is 11.6 Å². The molecule has 1 rings (SSSR count). The summed E-state index contributed by atoms with van der Waals surface area (Å²) in [5.74, 6) is -0.507. The largest absolute Gasteiger partial charge is 0.323 e. The maximum absolute atomic E-state index is 12.9. The van der Waals surface area contributed by atoms with Crippen molar-refractivity contribution < 1.29 is 4.39 Å². The van der Waals surface area contributed by atoms with E-state index in [-0.39, 0.29) is 11.4 Å². The van der Waals surface area contributed by atoms with Crippen LogP contribution in [-0.2, 0) is 0 Å². The monoisotopic (exact) mass is 198 g/mol. The lowest BCUT2D eigenvalue weighted by Gasteiger charge is -2.07. The van der Waals surface area contributed by atoms with E-state index in [2.05, 4.69) is 0 Å². The van der Waals surface area contributed by atoms with E-state index in [1.54, 1.807) is 6.07 Å². The molecule has 0 aliphatic carbocycles. The van der Waals surface area contributed by atoms with Gasteiger partial charge in [0.2, 0.25) is 0 Å². The molecule has 0 radical (unpaired) electrons. The molecular weight excluding hydrogens is 191 g/mol. The molecule has 0 fully saturated rings. The van der Waals surface area contributed by atoms with Crippen molar-refractivity contribution in [1.82, 2.24) is 0 Å². The third-order valence-electron chi connectivity index (χ3n) is 1.68. The Morgan fingerprint density at radius 1 is 1.62 bits per heavy atom. The molecular formula is C9H8ClFN2. The Morgan fingerprint density at radius 3 is 2.85 bits per heavy atom. The van der Waals surface area contributed by atoms with Crippen LogP contribution in [0.4, 0.5) is 4.39 Å². The van der Waals surface area contributed by atoms with Gasteiger partial charge in [-0.25, -0.2) is 4.39 Å². The highest BCUT2D eigenvalue weighted by molar-refractivity contribution is 6.30. The van der Waals surface area contributed by atoms with E-state index in [1.165, 1.54) is 12.1 Å². The number of nitrogens with zero attached hydrogens (tertiary/aromatic N) is 1. The van der Waals surface area contributed by atoms with Gasteiger partial charge in [0.25, 0.3) is 0 Å². The molecule has 0 aliphatic heterocycles. The highest BCUT2D eigenvalue weighted by Gasteiger charge is 2.07. The van der Waals surface area contributed by atoms with Crippen LogP contribution in [0.5, 0.6) is 0 Å². The standard InChI is InChI=1S/C9H8ClFN2/c10-7-2-1-6(5-8(7)11)9(13)3-4-12/h1-2,5,9H,3,13H2. The summed E-state index contributed by atoms with van der Waals surface area (Å²) in [4.78, 5) is 0. The first-order chi connectivity index (χ1) is 6.15. The average Bonchev–Trinajstić information content (AvgIpc) is 2.10. The smallest absolute Gasteiger partial charge is 0.142 e. The molecule has 1 unspecified atom stereocenters. The van der Waals surface area contributed by atoms with Crippen LogP contribution in [0.15, 0.2) is 18.2 Å². The number of rotatable bonds is 2. The number of hydrogen-bond donors (Lipinski definition) is 1. The molecule has 0 saturated carbocycles. The lowest BCUT2D eigenvalue weighted by atomic mass is 10.1. The third-order valence-corrected chi connectivity index (χ3v) is 1.99. The first-order valence-electron chi connectivity index (χ1n) is 3.72. The van der Waals surface area contributed by atoms with Crippen molar-refractivity contribution in [3.05, 3.63) is 34.6 Å². The van der Waals surface area contributed by atoms with Gasteiger partial charge in [-0.05, 0) is 17.7 Å². The molecule has 0 aliphatic rings. The van der Waals surface area contributed by atoms with Gasteiger partial charge in [-0.3, -0.25) is 0 Å². The minimum absolute atomic E-state index is 0.0629. The molecule has 0 heterocycles. The molecule has 0 saturated heterocycles. The summed E-state index contributed by atoms with van der Waals surface area (Å²) in [7, 11) is 0. The van der Waals surface area contributed by atoms with Crippen molar-refractivity contribution in [3.63, 3.8) is 0 Å². The molecule has 0 spiro atoms. The van der Waals surface area contributed by atoms with Gasteiger partial charge in [-0.1, -0.05) is 17.7 Å². The summed E-state index contributed by atoms with van der Waals surface area (Å²) < 4.78 is 12.9. The number of benzene rings is 1. The van der Waals surface area contributed by atoms with Crippen molar-refractivity contribution in [3.8, 4) is 6.07 Å². The van der Waals surface area contributed by atoms with Crippen molar-refractivity contribution in [2.75, 3.05) is 0 Å². The van der Waals surface area contributed by atoms with E-state index < -0.39 is 11.9 Å². The second-order valence-electron chi connectivity index (χ2n) is 2.64. The highest BCUT2D eigenvalue weighted by atomic mass is 35.5. The number of halogens is 2. The number of nitrogens with two attached hydrogens (primary N) is 1. The van der Waals surface area contributed by atoms with Crippen LogP contribution in [0.25, 0.3) is 0 Å². The van der Waals surface area contributed by atoms with E-state index in [0.29, 0.717) is 5.56 Å². The van der Waals surface area contributed by atoms with E-state index in [0.717, 1.165) is 0 Å². The first kappa shape index (κ1) is 9.97. The van der Waals surface area contributed by atoms with Crippen LogP contribution < -0.4 is 5.73 Å². The van der Waals surface area contributed by atoms with Crippen LogP contribution in [0.2, 0.25) is 5.02 Å². The van der Waals surface area contributed by atoms with Gasteiger partial charge in [-0.15, -0.1) is 0 Å². The molecule has 1 atom stereocenters. The minimum Gasteiger partial charge on any atom is -0.323 e. The van der Waals surface area contributed by atoms with E-state index >= 15 is 0 Å². The molecule has 1 aromatic rings. The fourth-order valence-corrected chi connectivity index (χ4v) is 1.08. The molecule has 0 aromatic heterocycles. The summed E-state index contributed by atoms with van der Waals surface area (Å²) in [6, 6.07) is 5.78. The zero-order chi connectivity index (χ0) is 9.84. The average molecular weight is 199 g/mol. The quantitative estimate of drug-likeness (QED) is 0.793. The molecule has 68 valence electrons. The SMILES string of the molecule is N#CCC(N)c1ccc(Cl)c(F)c1. The summed E-state index contributed by atoms with van der Waals surface area (Å²) in [5, 5.41) is 8.43. The van der Waals surface area contributed by atoms with E-state index in [1.807, 2.05) is 6.07 Å². The normalized spacial score (nSPS) is 12.2. The Morgan fingerprint density at radius 2 is 2.31 bits per heavy atom. The summed E-state index contributed by atoms with van der Waals surface area (Å²) >= 11 is 5.48. The number of hydrogen-bond acceptors (Lipinski definition) is 2. The zero-order valence-corrected chi connectivity index (χ0v) is 7.55. The Kier molecular flexibility index (Phi) is 3.24. The van der Waals surface area contributed by atoms with Gasteiger partial charge in [0.1, 0.15) is 5.82 Å². The van der Waals surface area contributed by atoms with Crippen molar-refractivity contribution >= 4 is 11.6 Å². The predicted octanol–water partition coefficient (Wildman–Crippen LogP) is 2.39. The van der Waals surface area contributed by atoms with Crippen LogP contribution in [0, 0.1) is 17.1 Å². The zero-order valence-electron chi connectivity index (χ0n) is 6.80. The van der Waals surface area contributed by atoms with Crippen LogP contribution in [0.3, 0.4) is 0 Å². The second kappa shape index (κ2) is 4.22. The van der Waals surface area contributed by atoms with Gasteiger partial charge in [0.15, 0.2) is 0 Å². The van der Waals surface area contributed by atoms with Gasteiger partial charge >= 0.3 is 0 Å². The molecule has 0 bridgehead atoms. The van der Waals surface area contributed by atoms with Gasteiger partial charge in [0, 0.05) is 6.04 Å². The lowest BCUT2D eigenvalue weighted by molar-refractivity contribution is 0.620. The maximum Gasteiger partial charge on any atom is 0.142 e. The van der Waals surface area contributed by atoms with E-state index in [9.17, 15) is 4.39 Å². The maximum atomic E-state index is 12.9. The van der Waals surface area contributed by atoms with Gasteiger partial charge in [-0.2, -0.15) is 5.26 Å². The van der Waals surface area contributed by atoms with Crippen LogP contribution in [-0.4, -0.2) is 0 Å². The summed E-state index contributed by atoms with van der Waals surface area (Å²) in [6.07, 6.45) is 0.168. The lowest BCUT2D eigenvalue weighted by Crippen LogP contribution is -2.09. The minimum atomic E-state index is -0.507. The van der Waals surface area contributed by atoms with Crippen molar-refractivity contribution in [2.24, 2.45) is 5.73 Å².